The minimum absolute atomic E-state index is 0.339. The Morgan fingerprint density at radius 1 is 1.24 bits per heavy atom. The summed E-state index contributed by atoms with van der Waals surface area (Å²) in [6.07, 6.45) is -2.11. The average molecular weight is 373 g/mol. The van der Waals surface area contributed by atoms with Crippen LogP contribution in [0.3, 0.4) is 0 Å². The molecule has 3 nitrogen and oxygen atoms in total. The first-order valence-corrected chi connectivity index (χ1v) is 9.09. The summed E-state index contributed by atoms with van der Waals surface area (Å²) in [5.74, 6) is 1.47. The first-order chi connectivity index (χ1) is 11.7. The van der Waals surface area contributed by atoms with Crippen molar-refractivity contribution in [1.29, 1.82) is 0 Å². The van der Waals surface area contributed by atoms with Crippen LogP contribution in [0, 0.1) is 11.8 Å². The summed E-state index contributed by atoms with van der Waals surface area (Å²) in [4.78, 5) is 2.48. The van der Waals surface area contributed by atoms with Gasteiger partial charge in [0.05, 0.1) is 5.56 Å². The van der Waals surface area contributed by atoms with Gasteiger partial charge in [0, 0.05) is 25.3 Å². The third-order valence-electron chi connectivity index (χ3n) is 4.33. The number of hydrogen-bond donors (Lipinski definition) is 2. The lowest BCUT2D eigenvalue weighted by molar-refractivity contribution is -0.137. The predicted octanol–water partition coefficient (Wildman–Crippen LogP) is 4.36. The number of likely N-dealkylation sites (tertiary alicyclic amines) is 1. The second-order valence-electron chi connectivity index (χ2n) is 7.02. The summed E-state index contributed by atoms with van der Waals surface area (Å²) in [6, 6.07) is 5.04. The summed E-state index contributed by atoms with van der Waals surface area (Å²) in [7, 11) is 0. The predicted molar refractivity (Wildman–Crippen MR) is 99.7 cm³/mol. The van der Waals surface area contributed by atoms with Gasteiger partial charge in [-0.05, 0) is 61.6 Å². The van der Waals surface area contributed by atoms with E-state index in [2.05, 4.69) is 29.4 Å². The second-order valence-corrected chi connectivity index (χ2v) is 7.43. The largest absolute Gasteiger partial charge is 0.416 e. The monoisotopic (exact) mass is 373 g/mol. The minimum atomic E-state index is -4.35. The summed E-state index contributed by atoms with van der Waals surface area (Å²) in [5, 5.41) is 6.22. The van der Waals surface area contributed by atoms with Gasteiger partial charge in [0.25, 0.3) is 0 Å². The van der Waals surface area contributed by atoms with Crippen LogP contribution in [-0.4, -0.2) is 36.2 Å². The highest BCUT2D eigenvalue weighted by molar-refractivity contribution is 7.80. The molecule has 0 bridgehead atoms. The molecule has 0 unspecified atom stereocenters. The van der Waals surface area contributed by atoms with E-state index in [1.165, 1.54) is 12.5 Å². The van der Waals surface area contributed by atoms with Crippen molar-refractivity contribution < 1.29 is 13.2 Å². The Labute approximate surface area is 153 Å². The van der Waals surface area contributed by atoms with E-state index in [1.807, 2.05) is 0 Å². The zero-order chi connectivity index (χ0) is 18.4. The first-order valence-electron chi connectivity index (χ1n) is 8.68. The smallest absolute Gasteiger partial charge is 0.362 e. The van der Waals surface area contributed by atoms with E-state index in [0.29, 0.717) is 17.3 Å². The number of nitrogens with one attached hydrogen (secondary N) is 2. The quantitative estimate of drug-likeness (QED) is 0.592. The molecule has 0 saturated carbocycles. The molecule has 7 heteroatoms. The fraction of sp³-hybridized carbons (Fsp3) is 0.611. The highest BCUT2D eigenvalue weighted by Crippen LogP contribution is 2.30. The number of anilines is 1. The van der Waals surface area contributed by atoms with Crippen LogP contribution in [0.5, 0.6) is 0 Å². The van der Waals surface area contributed by atoms with Crippen molar-refractivity contribution in [2.75, 3.05) is 31.5 Å². The van der Waals surface area contributed by atoms with Crippen LogP contribution in [-0.2, 0) is 6.18 Å². The third kappa shape index (κ3) is 6.82. The Morgan fingerprint density at radius 2 is 1.92 bits per heavy atom. The van der Waals surface area contributed by atoms with Gasteiger partial charge in [-0.3, -0.25) is 0 Å². The maximum absolute atomic E-state index is 12.7. The Hall–Kier alpha value is -1.34. The highest BCUT2D eigenvalue weighted by Gasteiger charge is 2.30. The number of rotatable bonds is 5. The molecule has 0 amide bonds. The van der Waals surface area contributed by atoms with Crippen LogP contribution in [0.25, 0.3) is 0 Å². The maximum Gasteiger partial charge on any atom is 0.416 e. The van der Waals surface area contributed by atoms with E-state index >= 15 is 0 Å². The van der Waals surface area contributed by atoms with Crippen LogP contribution >= 0.6 is 12.2 Å². The molecule has 140 valence electrons. The van der Waals surface area contributed by atoms with Crippen molar-refractivity contribution in [3.63, 3.8) is 0 Å². The molecule has 0 aromatic heterocycles. The summed E-state index contributed by atoms with van der Waals surface area (Å²) in [6.45, 7) is 8.55. The molecule has 25 heavy (non-hydrogen) atoms. The molecule has 1 aliphatic rings. The Kier molecular flexibility index (Phi) is 7.07. The summed E-state index contributed by atoms with van der Waals surface area (Å²) in [5.41, 5.74) is -0.348. The van der Waals surface area contributed by atoms with E-state index < -0.39 is 11.7 Å². The molecule has 1 fully saturated rings. The number of piperidine rings is 1. The number of halogens is 3. The van der Waals surface area contributed by atoms with E-state index in [9.17, 15) is 13.2 Å². The molecule has 2 N–H and O–H groups in total. The molecular formula is C18H26F3N3S. The van der Waals surface area contributed by atoms with Crippen LogP contribution in [0.1, 0.15) is 32.3 Å². The van der Waals surface area contributed by atoms with Crippen molar-refractivity contribution in [2.45, 2.75) is 32.9 Å². The molecule has 1 aromatic rings. The van der Waals surface area contributed by atoms with Crippen LogP contribution < -0.4 is 10.6 Å². The lowest BCUT2D eigenvalue weighted by Crippen LogP contribution is -2.40. The number of hydrogen-bond acceptors (Lipinski definition) is 2. The molecule has 1 heterocycles. The van der Waals surface area contributed by atoms with Gasteiger partial charge >= 0.3 is 6.18 Å². The van der Waals surface area contributed by atoms with Gasteiger partial charge in [0.1, 0.15) is 0 Å². The SMILES string of the molecule is C[C@@H]1C[C@H](C)CN(CCCNC(=S)Nc2cccc(C(F)(F)F)c2)C1. The maximum atomic E-state index is 12.7. The van der Waals surface area contributed by atoms with Crippen molar-refractivity contribution in [1.82, 2.24) is 10.2 Å². The number of nitrogens with zero attached hydrogens (tertiary/aromatic N) is 1. The van der Waals surface area contributed by atoms with Gasteiger partial charge in [-0.25, -0.2) is 0 Å². The van der Waals surface area contributed by atoms with Gasteiger partial charge in [0.2, 0.25) is 0 Å². The normalized spacial score (nSPS) is 21.8. The lowest BCUT2D eigenvalue weighted by atomic mass is 9.92. The van der Waals surface area contributed by atoms with Gasteiger partial charge in [-0.2, -0.15) is 13.2 Å². The van der Waals surface area contributed by atoms with Gasteiger partial charge in [0.15, 0.2) is 5.11 Å². The molecule has 0 radical (unpaired) electrons. The fourth-order valence-electron chi connectivity index (χ4n) is 3.43. The van der Waals surface area contributed by atoms with Crippen molar-refractivity contribution in [2.24, 2.45) is 11.8 Å². The van der Waals surface area contributed by atoms with E-state index in [-0.39, 0.29) is 0 Å². The minimum Gasteiger partial charge on any atom is -0.362 e. The molecule has 0 aliphatic carbocycles. The van der Waals surface area contributed by atoms with Crippen LogP contribution in [0.15, 0.2) is 24.3 Å². The molecule has 1 saturated heterocycles. The molecular weight excluding hydrogens is 347 g/mol. The molecule has 2 rings (SSSR count). The summed E-state index contributed by atoms with van der Waals surface area (Å²) >= 11 is 5.16. The number of benzene rings is 1. The highest BCUT2D eigenvalue weighted by atomic mass is 32.1. The van der Waals surface area contributed by atoms with E-state index in [1.54, 1.807) is 6.07 Å². The molecule has 1 aromatic carbocycles. The standard InChI is InChI=1S/C18H26F3N3S/c1-13-9-14(2)12-24(11-13)8-4-7-22-17(25)23-16-6-3-5-15(10-16)18(19,20)21/h3,5-6,10,13-14H,4,7-9,11-12H2,1-2H3,(H2,22,23,25)/t13-,14+. The number of alkyl halides is 3. The Bertz CT molecular complexity index is 567. The Balaban J connectivity index is 1.71. The van der Waals surface area contributed by atoms with Crippen LogP contribution in [0.2, 0.25) is 0 Å². The van der Waals surface area contributed by atoms with E-state index in [0.717, 1.165) is 50.0 Å². The van der Waals surface area contributed by atoms with Crippen molar-refractivity contribution >= 4 is 23.0 Å². The van der Waals surface area contributed by atoms with Crippen LogP contribution in [0.4, 0.5) is 18.9 Å². The number of thiocarbonyl (C=S) groups is 1. The van der Waals surface area contributed by atoms with Gasteiger partial charge in [-0.15, -0.1) is 0 Å². The fourth-order valence-corrected chi connectivity index (χ4v) is 3.65. The first kappa shape index (κ1) is 20.0. The topological polar surface area (TPSA) is 27.3 Å². The summed E-state index contributed by atoms with van der Waals surface area (Å²) < 4.78 is 38.1. The van der Waals surface area contributed by atoms with Crippen molar-refractivity contribution in [3.8, 4) is 0 Å². The molecule has 1 aliphatic heterocycles. The lowest BCUT2D eigenvalue weighted by Gasteiger charge is -2.35. The van der Waals surface area contributed by atoms with Crippen molar-refractivity contribution in [3.05, 3.63) is 29.8 Å². The molecule has 0 spiro atoms. The third-order valence-corrected chi connectivity index (χ3v) is 4.58. The average Bonchev–Trinajstić information content (AvgIpc) is 2.50. The zero-order valence-electron chi connectivity index (χ0n) is 14.7. The van der Waals surface area contributed by atoms with Gasteiger partial charge < -0.3 is 15.5 Å². The zero-order valence-corrected chi connectivity index (χ0v) is 15.5. The Morgan fingerprint density at radius 3 is 2.56 bits per heavy atom. The van der Waals surface area contributed by atoms with E-state index in [4.69, 9.17) is 12.2 Å². The molecule has 2 atom stereocenters. The van der Waals surface area contributed by atoms with Gasteiger partial charge in [-0.1, -0.05) is 19.9 Å². The second kappa shape index (κ2) is 8.85.